The maximum Gasteiger partial charge on any atom is 0.294 e. The Morgan fingerprint density at radius 3 is 2.50 bits per heavy atom. The average Bonchev–Trinajstić information content (AvgIpc) is 3.06. The van der Waals surface area contributed by atoms with Gasteiger partial charge in [0.2, 0.25) is 5.91 Å². The van der Waals surface area contributed by atoms with Crippen LogP contribution in [-0.2, 0) is 16.0 Å². The number of halogens is 1. The van der Waals surface area contributed by atoms with Crippen LogP contribution in [0.15, 0.2) is 45.8 Å². The number of amides is 3. The summed E-state index contributed by atoms with van der Waals surface area (Å²) >= 11 is 4.31. The van der Waals surface area contributed by atoms with E-state index in [2.05, 4.69) is 21.2 Å². The van der Waals surface area contributed by atoms with Crippen LogP contribution in [0.5, 0.6) is 11.5 Å². The molecule has 7 nitrogen and oxygen atoms in total. The van der Waals surface area contributed by atoms with Gasteiger partial charge in [0.25, 0.3) is 11.1 Å². The lowest BCUT2D eigenvalue weighted by Gasteiger charge is -2.14. The van der Waals surface area contributed by atoms with Crippen LogP contribution in [0.2, 0.25) is 0 Å². The van der Waals surface area contributed by atoms with Crippen LogP contribution in [0.4, 0.5) is 10.5 Å². The number of hydrogen-bond donors (Lipinski definition) is 1. The van der Waals surface area contributed by atoms with Crippen LogP contribution in [0, 0.1) is 0 Å². The van der Waals surface area contributed by atoms with Gasteiger partial charge in [-0.2, -0.15) is 0 Å². The second-order valence-corrected chi connectivity index (χ2v) is 9.33. The summed E-state index contributed by atoms with van der Waals surface area (Å²) in [5, 5.41) is 2.24. The van der Waals surface area contributed by atoms with E-state index in [0.717, 1.165) is 35.1 Å². The summed E-state index contributed by atoms with van der Waals surface area (Å²) in [6.45, 7) is 6.58. The van der Waals surface area contributed by atoms with Crippen LogP contribution in [-0.4, -0.2) is 41.7 Å². The van der Waals surface area contributed by atoms with Crippen molar-refractivity contribution in [2.45, 2.75) is 33.6 Å². The van der Waals surface area contributed by atoms with Crippen LogP contribution in [0.3, 0.4) is 0 Å². The van der Waals surface area contributed by atoms with Gasteiger partial charge in [0.1, 0.15) is 6.54 Å². The molecule has 180 valence electrons. The smallest absolute Gasteiger partial charge is 0.294 e. The predicted octanol–water partition coefficient (Wildman–Crippen LogP) is 5.87. The van der Waals surface area contributed by atoms with Crippen molar-refractivity contribution in [3.05, 3.63) is 56.9 Å². The number of hydrogen-bond acceptors (Lipinski definition) is 6. The third kappa shape index (κ3) is 6.42. The third-order valence-electron chi connectivity index (χ3n) is 4.90. The van der Waals surface area contributed by atoms with Gasteiger partial charge in [0.05, 0.1) is 22.6 Å². The first-order valence-electron chi connectivity index (χ1n) is 11.1. The van der Waals surface area contributed by atoms with Crippen LogP contribution in [0.25, 0.3) is 6.08 Å². The Balaban J connectivity index is 1.74. The molecule has 0 aromatic heterocycles. The van der Waals surface area contributed by atoms with Gasteiger partial charge >= 0.3 is 0 Å². The minimum absolute atomic E-state index is 0.238. The highest BCUT2D eigenvalue weighted by Gasteiger charge is 2.36. The van der Waals surface area contributed by atoms with E-state index < -0.39 is 17.1 Å². The predicted molar refractivity (Wildman–Crippen MR) is 138 cm³/mol. The average molecular weight is 547 g/mol. The molecule has 1 fully saturated rings. The summed E-state index contributed by atoms with van der Waals surface area (Å²) in [6, 6.07) is 11.0. The molecule has 2 aromatic rings. The van der Waals surface area contributed by atoms with Gasteiger partial charge in [-0.05, 0) is 88.9 Å². The van der Waals surface area contributed by atoms with E-state index in [1.54, 1.807) is 30.3 Å². The molecule has 2 aromatic carbocycles. The normalized spacial score (nSPS) is 14.6. The fourth-order valence-corrected chi connectivity index (χ4v) is 4.65. The van der Waals surface area contributed by atoms with Gasteiger partial charge in [0.15, 0.2) is 11.5 Å². The molecule has 0 unspecified atom stereocenters. The van der Waals surface area contributed by atoms with Crippen molar-refractivity contribution in [1.29, 1.82) is 0 Å². The van der Waals surface area contributed by atoms with Crippen molar-refractivity contribution < 1.29 is 23.9 Å². The Bertz CT molecular complexity index is 1100. The zero-order valence-corrected chi connectivity index (χ0v) is 21.8. The number of imide groups is 1. The SMILES string of the molecule is CCCOc1c(Br)cc(/C=C2\SC(=O)N(CC(=O)Nc3ccc(CC)cc3)C2=O)cc1OCC. The molecule has 0 saturated carbocycles. The van der Waals surface area contributed by atoms with Crippen LogP contribution < -0.4 is 14.8 Å². The van der Waals surface area contributed by atoms with Gasteiger partial charge in [-0.3, -0.25) is 19.3 Å². The Kier molecular flexibility index (Phi) is 9.18. The number of ether oxygens (including phenoxy) is 2. The number of aryl methyl sites for hydroxylation is 1. The monoisotopic (exact) mass is 546 g/mol. The molecule has 3 rings (SSSR count). The number of rotatable bonds is 10. The van der Waals surface area contributed by atoms with Crippen LogP contribution in [0.1, 0.15) is 38.3 Å². The van der Waals surface area contributed by atoms with Gasteiger partial charge in [-0.15, -0.1) is 0 Å². The zero-order chi connectivity index (χ0) is 24.7. The first kappa shape index (κ1) is 25.8. The molecule has 0 spiro atoms. The Hall–Kier alpha value is -2.78. The number of nitrogens with one attached hydrogen (secondary N) is 1. The fraction of sp³-hybridized carbons (Fsp3) is 0.320. The molecule has 1 heterocycles. The highest BCUT2D eigenvalue weighted by Crippen LogP contribution is 2.39. The van der Waals surface area contributed by atoms with Crippen molar-refractivity contribution >= 4 is 56.5 Å². The van der Waals surface area contributed by atoms with Crippen molar-refractivity contribution in [2.75, 3.05) is 25.1 Å². The van der Waals surface area contributed by atoms with Gasteiger partial charge in [0, 0.05) is 5.69 Å². The van der Waals surface area contributed by atoms with E-state index >= 15 is 0 Å². The lowest BCUT2D eigenvalue weighted by Crippen LogP contribution is -2.36. The fourth-order valence-electron chi connectivity index (χ4n) is 3.23. The molecule has 3 amide bonds. The van der Waals surface area contributed by atoms with Crippen molar-refractivity contribution in [3.8, 4) is 11.5 Å². The Morgan fingerprint density at radius 2 is 1.85 bits per heavy atom. The van der Waals surface area contributed by atoms with E-state index in [4.69, 9.17) is 9.47 Å². The minimum Gasteiger partial charge on any atom is -0.490 e. The summed E-state index contributed by atoms with van der Waals surface area (Å²) in [7, 11) is 0. The summed E-state index contributed by atoms with van der Waals surface area (Å²) < 4.78 is 12.2. The lowest BCUT2D eigenvalue weighted by molar-refractivity contribution is -0.127. The maximum absolute atomic E-state index is 12.9. The molecule has 0 atom stereocenters. The first-order valence-corrected chi connectivity index (χ1v) is 12.7. The number of carbonyl (C=O) groups is 3. The molecule has 1 saturated heterocycles. The zero-order valence-electron chi connectivity index (χ0n) is 19.4. The molecule has 1 aliphatic heterocycles. The highest BCUT2D eigenvalue weighted by atomic mass is 79.9. The molecule has 34 heavy (non-hydrogen) atoms. The second kappa shape index (κ2) is 12.1. The first-order chi connectivity index (χ1) is 16.4. The van der Waals surface area contributed by atoms with E-state index in [1.165, 1.54) is 0 Å². The van der Waals surface area contributed by atoms with Crippen molar-refractivity contribution in [1.82, 2.24) is 4.90 Å². The topological polar surface area (TPSA) is 84.9 Å². The third-order valence-corrected chi connectivity index (χ3v) is 6.40. The summed E-state index contributed by atoms with van der Waals surface area (Å²) in [5.41, 5.74) is 2.44. The molecule has 0 bridgehead atoms. The van der Waals surface area contributed by atoms with Crippen molar-refractivity contribution in [3.63, 3.8) is 0 Å². The molecule has 1 N–H and O–H groups in total. The van der Waals surface area contributed by atoms with Gasteiger partial charge < -0.3 is 14.8 Å². The number of anilines is 1. The molecule has 1 aliphatic rings. The molecule has 9 heteroatoms. The summed E-state index contributed by atoms with van der Waals surface area (Å²) in [6.07, 6.45) is 3.36. The number of carbonyl (C=O) groups excluding carboxylic acids is 3. The van der Waals surface area contributed by atoms with Gasteiger partial charge in [-0.25, -0.2) is 0 Å². The van der Waals surface area contributed by atoms with Crippen LogP contribution >= 0.6 is 27.7 Å². The van der Waals surface area contributed by atoms with E-state index in [9.17, 15) is 14.4 Å². The van der Waals surface area contributed by atoms with E-state index in [-0.39, 0.29) is 11.4 Å². The summed E-state index contributed by atoms with van der Waals surface area (Å²) in [5.74, 6) is 0.195. The van der Waals surface area contributed by atoms with E-state index in [0.29, 0.717) is 40.4 Å². The highest BCUT2D eigenvalue weighted by molar-refractivity contribution is 9.10. The van der Waals surface area contributed by atoms with E-state index in [1.807, 2.05) is 32.9 Å². The quantitative estimate of drug-likeness (QED) is 0.375. The summed E-state index contributed by atoms with van der Waals surface area (Å²) in [4.78, 5) is 38.9. The second-order valence-electron chi connectivity index (χ2n) is 7.48. The number of benzene rings is 2. The Morgan fingerprint density at radius 1 is 1.12 bits per heavy atom. The number of thioether (sulfide) groups is 1. The molecular formula is C25H27BrN2O5S. The van der Waals surface area contributed by atoms with Gasteiger partial charge in [-0.1, -0.05) is 26.0 Å². The Labute approximate surface area is 212 Å². The minimum atomic E-state index is -0.508. The largest absolute Gasteiger partial charge is 0.490 e. The standard InChI is InChI=1S/C25H27BrN2O5S/c1-4-11-33-23-19(26)12-17(13-20(23)32-6-3)14-21-24(30)28(25(31)34-21)15-22(29)27-18-9-7-16(5-2)8-10-18/h7-10,12-14H,4-6,11,15H2,1-3H3,(H,27,29)/b21-14-. The maximum atomic E-state index is 12.9. The molecular weight excluding hydrogens is 520 g/mol. The molecule has 0 radical (unpaired) electrons. The van der Waals surface area contributed by atoms with Crippen molar-refractivity contribution in [2.24, 2.45) is 0 Å². The number of nitrogens with zero attached hydrogens (tertiary/aromatic N) is 1. The lowest BCUT2D eigenvalue weighted by atomic mass is 10.1. The molecule has 0 aliphatic carbocycles.